The van der Waals surface area contributed by atoms with E-state index in [1.54, 1.807) is 0 Å². The van der Waals surface area contributed by atoms with Crippen LogP contribution in [0, 0.1) is 10.8 Å². The molecule has 2 aliphatic rings. The van der Waals surface area contributed by atoms with Crippen molar-refractivity contribution in [3.05, 3.63) is 11.7 Å². The molecule has 0 spiro atoms. The Labute approximate surface area is 112 Å². The minimum absolute atomic E-state index is 0.263. The lowest BCUT2D eigenvalue weighted by molar-refractivity contribution is -0.148. The molecule has 5 heteroatoms. The first-order chi connectivity index (χ1) is 8.93. The van der Waals surface area contributed by atoms with Crippen LogP contribution in [0.3, 0.4) is 0 Å². The largest absolute Gasteiger partial charge is 0.481 e. The van der Waals surface area contributed by atoms with Crippen LogP contribution in [0.5, 0.6) is 0 Å². The summed E-state index contributed by atoms with van der Waals surface area (Å²) in [5.74, 6) is 0.881. The molecule has 2 fully saturated rings. The minimum atomic E-state index is -0.725. The number of carbonyl (C=O) groups is 1. The maximum absolute atomic E-state index is 11.5. The van der Waals surface area contributed by atoms with Gasteiger partial charge in [0.25, 0.3) is 0 Å². The Morgan fingerprint density at radius 1 is 1.42 bits per heavy atom. The van der Waals surface area contributed by atoms with E-state index < -0.39 is 11.4 Å². The lowest BCUT2D eigenvalue weighted by Crippen LogP contribution is -2.30. The second kappa shape index (κ2) is 4.05. The monoisotopic (exact) mass is 264 g/mol. The molecule has 0 radical (unpaired) electrons. The summed E-state index contributed by atoms with van der Waals surface area (Å²) in [5.41, 5.74) is -0.415. The number of carboxylic acid groups (broad SMARTS) is 1. The molecule has 0 bridgehead atoms. The van der Waals surface area contributed by atoms with Crippen molar-refractivity contribution in [2.24, 2.45) is 10.8 Å². The summed E-state index contributed by atoms with van der Waals surface area (Å²) in [6.45, 7) is 4.37. The highest BCUT2D eigenvalue weighted by molar-refractivity contribution is 5.75. The molecule has 0 aromatic carbocycles. The Bertz CT molecular complexity index is 501. The van der Waals surface area contributed by atoms with Gasteiger partial charge < -0.3 is 9.63 Å². The quantitative estimate of drug-likeness (QED) is 0.904. The first-order valence-electron chi connectivity index (χ1n) is 6.99. The van der Waals surface area contributed by atoms with Crippen LogP contribution in [0.1, 0.15) is 63.6 Å². The van der Waals surface area contributed by atoms with E-state index in [0.717, 1.165) is 37.9 Å². The molecule has 104 valence electrons. The first-order valence-corrected chi connectivity index (χ1v) is 6.99. The third-order valence-corrected chi connectivity index (χ3v) is 4.81. The molecule has 19 heavy (non-hydrogen) atoms. The molecule has 1 unspecified atom stereocenters. The second-order valence-electron chi connectivity index (χ2n) is 6.76. The molecule has 0 saturated heterocycles. The molecule has 0 amide bonds. The van der Waals surface area contributed by atoms with Gasteiger partial charge in [0.1, 0.15) is 0 Å². The average molecular weight is 264 g/mol. The van der Waals surface area contributed by atoms with Gasteiger partial charge in [-0.1, -0.05) is 31.8 Å². The number of hydrogen-bond donors (Lipinski definition) is 1. The highest BCUT2D eigenvalue weighted by Crippen LogP contribution is 2.57. The highest BCUT2D eigenvalue weighted by atomic mass is 16.5. The molecular formula is C14H20N2O3. The Kier molecular flexibility index (Phi) is 2.69. The zero-order valence-corrected chi connectivity index (χ0v) is 11.5. The van der Waals surface area contributed by atoms with Crippen LogP contribution in [0.25, 0.3) is 0 Å². The van der Waals surface area contributed by atoms with Gasteiger partial charge in [-0.05, 0) is 24.7 Å². The summed E-state index contributed by atoms with van der Waals surface area (Å²) >= 11 is 0. The summed E-state index contributed by atoms with van der Waals surface area (Å²) in [6, 6.07) is 0. The van der Waals surface area contributed by atoms with Gasteiger partial charge in [0.2, 0.25) is 5.89 Å². The predicted octanol–water partition coefficient (Wildman–Crippen LogP) is 2.77. The molecular weight excluding hydrogens is 244 g/mol. The lowest BCUT2D eigenvalue weighted by atomic mass is 9.83. The topological polar surface area (TPSA) is 76.2 Å². The van der Waals surface area contributed by atoms with Crippen LogP contribution < -0.4 is 0 Å². The van der Waals surface area contributed by atoms with Crippen molar-refractivity contribution in [3.8, 4) is 0 Å². The molecule has 1 aromatic rings. The fraction of sp³-hybridized carbons (Fsp3) is 0.786. The number of rotatable bonds is 4. The third kappa shape index (κ3) is 2.15. The van der Waals surface area contributed by atoms with Crippen molar-refractivity contribution >= 4 is 5.97 Å². The van der Waals surface area contributed by atoms with Gasteiger partial charge in [-0.25, -0.2) is 0 Å². The Balaban J connectivity index is 1.75. The van der Waals surface area contributed by atoms with Gasteiger partial charge in [0, 0.05) is 12.3 Å². The van der Waals surface area contributed by atoms with Gasteiger partial charge in [0.05, 0.1) is 5.41 Å². The van der Waals surface area contributed by atoms with Crippen molar-refractivity contribution in [1.29, 1.82) is 0 Å². The number of carboxylic acids is 1. The van der Waals surface area contributed by atoms with Gasteiger partial charge in [-0.3, -0.25) is 4.79 Å². The number of aliphatic carboxylic acids is 1. The zero-order valence-electron chi connectivity index (χ0n) is 11.5. The van der Waals surface area contributed by atoms with Crippen molar-refractivity contribution in [1.82, 2.24) is 10.1 Å². The molecule has 3 rings (SSSR count). The van der Waals surface area contributed by atoms with Crippen LogP contribution >= 0.6 is 0 Å². The normalized spacial score (nSPS) is 27.4. The molecule has 2 saturated carbocycles. The predicted molar refractivity (Wildman–Crippen MR) is 67.7 cm³/mol. The molecule has 1 N–H and O–H groups in total. The summed E-state index contributed by atoms with van der Waals surface area (Å²) in [5, 5.41) is 13.5. The molecule has 1 atom stereocenters. The van der Waals surface area contributed by atoms with Crippen LogP contribution in [0.4, 0.5) is 0 Å². The zero-order chi connectivity index (χ0) is 13.7. The standard InChI is InChI=1S/C14H20N2O3/c1-13(2)7-9(13)11-15-10(19-16-11)8-14(12(17)18)5-3-4-6-14/h9H,3-8H2,1-2H3,(H,17,18). The summed E-state index contributed by atoms with van der Waals surface area (Å²) in [6.07, 6.45) is 4.84. The second-order valence-corrected chi connectivity index (χ2v) is 6.76. The van der Waals surface area contributed by atoms with E-state index in [1.165, 1.54) is 0 Å². The lowest BCUT2D eigenvalue weighted by Gasteiger charge is -2.21. The summed E-state index contributed by atoms with van der Waals surface area (Å²) in [4.78, 5) is 15.9. The summed E-state index contributed by atoms with van der Waals surface area (Å²) < 4.78 is 5.27. The van der Waals surface area contributed by atoms with E-state index in [9.17, 15) is 9.90 Å². The van der Waals surface area contributed by atoms with Gasteiger partial charge in [-0.15, -0.1) is 0 Å². The van der Waals surface area contributed by atoms with E-state index in [-0.39, 0.29) is 5.41 Å². The molecule has 5 nitrogen and oxygen atoms in total. The fourth-order valence-corrected chi connectivity index (χ4v) is 3.20. The van der Waals surface area contributed by atoms with Crippen molar-refractivity contribution in [2.75, 3.05) is 0 Å². The van der Waals surface area contributed by atoms with Gasteiger partial charge in [-0.2, -0.15) is 4.98 Å². The van der Waals surface area contributed by atoms with E-state index in [0.29, 0.717) is 18.2 Å². The van der Waals surface area contributed by atoms with Crippen LogP contribution in [0.2, 0.25) is 0 Å². The van der Waals surface area contributed by atoms with E-state index >= 15 is 0 Å². The minimum Gasteiger partial charge on any atom is -0.481 e. The SMILES string of the molecule is CC1(C)CC1c1noc(CC2(C(=O)O)CCCC2)n1. The van der Waals surface area contributed by atoms with Crippen LogP contribution in [0.15, 0.2) is 4.52 Å². The Hall–Kier alpha value is -1.39. The molecule has 0 aliphatic heterocycles. The van der Waals surface area contributed by atoms with Crippen molar-refractivity contribution < 1.29 is 14.4 Å². The average Bonchev–Trinajstić information content (AvgIpc) is 2.79. The molecule has 1 heterocycles. The number of hydrogen-bond acceptors (Lipinski definition) is 4. The maximum atomic E-state index is 11.5. The third-order valence-electron chi connectivity index (χ3n) is 4.81. The number of nitrogens with zero attached hydrogens (tertiary/aromatic N) is 2. The van der Waals surface area contributed by atoms with Crippen LogP contribution in [-0.2, 0) is 11.2 Å². The Morgan fingerprint density at radius 2 is 2.05 bits per heavy atom. The van der Waals surface area contributed by atoms with E-state index in [2.05, 4.69) is 24.0 Å². The fourth-order valence-electron chi connectivity index (χ4n) is 3.20. The molecule has 1 aromatic heterocycles. The smallest absolute Gasteiger partial charge is 0.310 e. The first kappa shape index (κ1) is 12.6. The Morgan fingerprint density at radius 3 is 2.58 bits per heavy atom. The maximum Gasteiger partial charge on any atom is 0.310 e. The number of aromatic nitrogens is 2. The van der Waals surface area contributed by atoms with Crippen molar-refractivity contribution in [2.45, 2.75) is 58.3 Å². The summed E-state index contributed by atoms with van der Waals surface area (Å²) in [7, 11) is 0. The highest BCUT2D eigenvalue weighted by Gasteiger charge is 2.50. The van der Waals surface area contributed by atoms with Gasteiger partial charge in [0.15, 0.2) is 5.82 Å². The van der Waals surface area contributed by atoms with E-state index in [4.69, 9.17) is 4.52 Å². The van der Waals surface area contributed by atoms with Crippen LogP contribution in [-0.4, -0.2) is 21.2 Å². The van der Waals surface area contributed by atoms with Gasteiger partial charge >= 0.3 is 5.97 Å². The van der Waals surface area contributed by atoms with E-state index in [1.807, 2.05) is 0 Å². The van der Waals surface area contributed by atoms with Crippen molar-refractivity contribution in [3.63, 3.8) is 0 Å². The molecule has 2 aliphatic carbocycles.